The van der Waals surface area contributed by atoms with E-state index in [2.05, 4.69) is 15.1 Å². The fraction of sp³-hybridized carbons (Fsp3) is 0.333. The van der Waals surface area contributed by atoms with Crippen LogP contribution in [0.15, 0.2) is 63.9 Å². The average molecular weight is 413 g/mol. The third-order valence-electron chi connectivity index (χ3n) is 5.26. The molecule has 0 bridgehead atoms. The maximum Gasteiger partial charge on any atom is 0.247 e. The number of aryl methyl sites for hydroxylation is 1. The van der Waals surface area contributed by atoms with Gasteiger partial charge in [0.1, 0.15) is 0 Å². The molecule has 152 valence electrons. The highest BCUT2D eigenvalue weighted by atomic mass is 32.2. The zero-order valence-corrected chi connectivity index (χ0v) is 17.3. The molecule has 29 heavy (non-hydrogen) atoms. The lowest BCUT2D eigenvalue weighted by Gasteiger charge is -2.36. The summed E-state index contributed by atoms with van der Waals surface area (Å²) in [6.45, 7) is 6.10. The molecule has 1 unspecified atom stereocenters. The van der Waals surface area contributed by atoms with Gasteiger partial charge in [-0.3, -0.25) is 4.90 Å². The second-order valence-electron chi connectivity index (χ2n) is 7.24. The van der Waals surface area contributed by atoms with Gasteiger partial charge in [-0.05, 0) is 38.1 Å². The Morgan fingerprint density at radius 2 is 1.69 bits per heavy atom. The van der Waals surface area contributed by atoms with Gasteiger partial charge in [0.05, 0.1) is 10.9 Å². The van der Waals surface area contributed by atoms with Crippen molar-refractivity contribution in [2.75, 3.05) is 26.2 Å². The summed E-state index contributed by atoms with van der Waals surface area (Å²) in [7, 11) is -3.46. The van der Waals surface area contributed by atoms with E-state index in [-0.39, 0.29) is 6.04 Å². The topological polar surface area (TPSA) is 79.5 Å². The van der Waals surface area contributed by atoms with E-state index in [0.717, 1.165) is 11.1 Å². The third-order valence-corrected chi connectivity index (χ3v) is 7.18. The summed E-state index contributed by atoms with van der Waals surface area (Å²) in [4.78, 5) is 2.51. The SMILES string of the molecule is Cc1cccc(-c2nnc(C(C)N3CCN(S(=O)(=O)c4ccccc4)CC3)o2)c1. The maximum absolute atomic E-state index is 12.8. The van der Waals surface area contributed by atoms with E-state index >= 15 is 0 Å². The molecule has 1 atom stereocenters. The fourth-order valence-electron chi connectivity index (χ4n) is 3.53. The first kappa shape index (κ1) is 19.8. The number of piperazine rings is 1. The van der Waals surface area contributed by atoms with Gasteiger partial charge in [-0.2, -0.15) is 4.31 Å². The normalized spacial score (nSPS) is 17.3. The first-order valence-corrected chi connectivity index (χ1v) is 11.1. The second-order valence-corrected chi connectivity index (χ2v) is 9.18. The molecule has 0 saturated carbocycles. The predicted octanol–water partition coefficient (Wildman–Crippen LogP) is 3.11. The zero-order chi connectivity index (χ0) is 20.4. The van der Waals surface area contributed by atoms with E-state index in [1.54, 1.807) is 24.3 Å². The Morgan fingerprint density at radius 3 is 2.38 bits per heavy atom. The van der Waals surface area contributed by atoms with Crippen LogP contribution in [0.1, 0.15) is 24.4 Å². The smallest absolute Gasteiger partial charge is 0.247 e. The molecule has 0 radical (unpaired) electrons. The van der Waals surface area contributed by atoms with Crippen LogP contribution in [0.3, 0.4) is 0 Å². The summed E-state index contributed by atoms with van der Waals surface area (Å²) >= 11 is 0. The second kappa shape index (κ2) is 8.06. The predicted molar refractivity (Wildman–Crippen MR) is 110 cm³/mol. The molecule has 0 N–H and O–H groups in total. The maximum atomic E-state index is 12.8. The van der Waals surface area contributed by atoms with Crippen molar-refractivity contribution >= 4 is 10.0 Å². The molecule has 3 aromatic rings. The van der Waals surface area contributed by atoms with Crippen molar-refractivity contribution in [3.05, 3.63) is 66.1 Å². The summed E-state index contributed by atoms with van der Waals surface area (Å²) in [6.07, 6.45) is 0. The molecule has 7 nitrogen and oxygen atoms in total. The highest BCUT2D eigenvalue weighted by Gasteiger charge is 2.31. The summed E-state index contributed by atoms with van der Waals surface area (Å²) in [6, 6.07) is 16.4. The Morgan fingerprint density at radius 1 is 0.966 bits per heavy atom. The Hall–Kier alpha value is -2.55. The van der Waals surface area contributed by atoms with Crippen molar-refractivity contribution in [2.24, 2.45) is 0 Å². The number of benzene rings is 2. The number of nitrogens with zero attached hydrogens (tertiary/aromatic N) is 4. The molecular formula is C21H24N4O3S. The van der Waals surface area contributed by atoms with Crippen molar-refractivity contribution in [3.8, 4) is 11.5 Å². The van der Waals surface area contributed by atoms with Crippen LogP contribution in [-0.4, -0.2) is 54.0 Å². The minimum atomic E-state index is -3.46. The summed E-state index contributed by atoms with van der Waals surface area (Å²) < 4.78 is 33.0. The molecule has 2 heterocycles. The molecular weight excluding hydrogens is 388 g/mol. The van der Waals surface area contributed by atoms with E-state index in [0.29, 0.717) is 42.9 Å². The lowest BCUT2D eigenvalue weighted by Crippen LogP contribution is -2.49. The standard InChI is InChI=1S/C21H24N4O3S/c1-16-7-6-8-18(15-16)21-23-22-20(28-21)17(2)24-11-13-25(14-12-24)29(26,27)19-9-4-3-5-10-19/h3-10,15,17H,11-14H2,1-2H3. The van der Waals surface area contributed by atoms with E-state index in [9.17, 15) is 8.42 Å². The lowest BCUT2D eigenvalue weighted by atomic mass is 10.1. The molecule has 1 saturated heterocycles. The van der Waals surface area contributed by atoms with Crippen LogP contribution < -0.4 is 0 Å². The largest absolute Gasteiger partial charge is 0.419 e. The van der Waals surface area contributed by atoms with Gasteiger partial charge in [0.25, 0.3) is 0 Å². The van der Waals surface area contributed by atoms with Crippen LogP contribution in [0, 0.1) is 6.92 Å². The van der Waals surface area contributed by atoms with Gasteiger partial charge in [-0.1, -0.05) is 35.9 Å². The molecule has 2 aromatic carbocycles. The first-order chi connectivity index (χ1) is 13.9. The number of sulfonamides is 1. The van der Waals surface area contributed by atoms with Crippen LogP contribution in [0.4, 0.5) is 0 Å². The molecule has 1 aliphatic rings. The minimum Gasteiger partial charge on any atom is -0.419 e. The van der Waals surface area contributed by atoms with E-state index in [1.807, 2.05) is 44.2 Å². The van der Waals surface area contributed by atoms with Crippen LogP contribution in [0.25, 0.3) is 11.5 Å². The van der Waals surface area contributed by atoms with Crippen LogP contribution in [-0.2, 0) is 10.0 Å². The number of hydrogen-bond acceptors (Lipinski definition) is 6. The Bertz CT molecular complexity index is 1070. The van der Waals surface area contributed by atoms with Gasteiger partial charge >= 0.3 is 0 Å². The molecule has 8 heteroatoms. The zero-order valence-electron chi connectivity index (χ0n) is 16.5. The molecule has 1 fully saturated rings. The van der Waals surface area contributed by atoms with Crippen LogP contribution in [0.5, 0.6) is 0 Å². The summed E-state index contributed by atoms with van der Waals surface area (Å²) in [5.74, 6) is 1.04. The molecule has 4 rings (SSSR count). The van der Waals surface area contributed by atoms with Gasteiger partial charge in [0.15, 0.2) is 0 Å². The summed E-state index contributed by atoms with van der Waals surface area (Å²) in [5, 5.41) is 8.41. The molecule has 1 aromatic heterocycles. The molecule has 0 aliphatic carbocycles. The third kappa shape index (κ3) is 4.10. The lowest BCUT2D eigenvalue weighted by molar-refractivity contribution is 0.129. The fourth-order valence-corrected chi connectivity index (χ4v) is 4.97. The number of hydrogen-bond donors (Lipinski definition) is 0. The van der Waals surface area contributed by atoms with Gasteiger partial charge < -0.3 is 4.42 Å². The Balaban J connectivity index is 1.43. The average Bonchev–Trinajstić information content (AvgIpc) is 3.24. The van der Waals surface area contributed by atoms with Crippen molar-refractivity contribution in [1.29, 1.82) is 0 Å². The van der Waals surface area contributed by atoms with E-state index in [4.69, 9.17) is 4.42 Å². The molecule has 0 amide bonds. The quantitative estimate of drug-likeness (QED) is 0.641. The monoisotopic (exact) mass is 412 g/mol. The highest BCUT2D eigenvalue weighted by Crippen LogP contribution is 2.26. The van der Waals surface area contributed by atoms with Crippen molar-refractivity contribution < 1.29 is 12.8 Å². The minimum absolute atomic E-state index is 0.0809. The molecule has 1 aliphatic heterocycles. The van der Waals surface area contributed by atoms with E-state index in [1.165, 1.54) is 4.31 Å². The van der Waals surface area contributed by atoms with Gasteiger partial charge in [-0.25, -0.2) is 8.42 Å². The first-order valence-electron chi connectivity index (χ1n) is 9.65. The van der Waals surface area contributed by atoms with Gasteiger partial charge in [-0.15, -0.1) is 10.2 Å². The van der Waals surface area contributed by atoms with Crippen molar-refractivity contribution in [3.63, 3.8) is 0 Å². The van der Waals surface area contributed by atoms with E-state index < -0.39 is 10.0 Å². The Kier molecular flexibility index (Phi) is 5.49. The van der Waals surface area contributed by atoms with Gasteiger partial charge in [0.2, 0.25) is 21.8 Å². The number of aromatic nitrogens is 2. The van der Waals surface area contributed by atoms with Crippen LogP contribution in [0.2, 0.25) is 0 Å². The van der Waals surface area contributed by atoms with Crippen LogP contribution >= 0.6 is 0 Å². The van der Waals surface area contributed by atoms with Crippen molar-refractivity contribution in [1.82, 2.24) is 19.4 Å². The number of rotatable bonds is 5. The van der Waals surface area contributed by atoms with Gasteiger partial charge in [0, 0.05) is 31.7 Å². The summed E-state index contributed by atoms with van der Waals surface area (Å²) in [5.41, 5.74) is 2.03. The van der Waals surface area contributed by atoms with Crippen molar-refractivity contribution in [2.45, 2.75) is 24.8 Å². The molecule has 0 spiro atoms. The highest BCUT2D eigenvalue weighted by molar-refractivity contribution is 7.89. The Labute approximate surface area is 171 Å².